The molecule has 288 valence electrons. The molecule has 1 heterocycles. The molecule has 6 N–H and O–H groups in total. The van der Waals surface area contributed by atoms with E-state index in [-0.39, 0.29) is 12.5 Å². The van der Waals surface area contributed by atoms with Crippen molar-refractivity contribution >= 4 is 5.91 Å². The predicted octanol–water partition coefficient (Wildman–Crippen LogP) is 7.16. The number of aliphatic hydroxyl groups excluding tert-OH is 5. The second-order valence-corrected chi connectivity index (χ2v) is 14.1. The van der Waals surface area contributed by atoms with Crippen LogP contribution in [-0.2, 0) is 14.3 Å². The van der Waals surface area contributed by atoms with Crippen LogP contribution >= 0.6 is 0 Å². The van der Waals surface area contributed by atoms with Gasteiger partial charge in [0.15, 0.2) is 6.29 Å². The van der Waals surface area contributed by atoms with Crippen molar-refractivity contribution in [3.8, 4) is 0 Å². The summed E-state index contributed by atoms with van der Waals surface area (Å²) in [7, 11) is 0. The number of carbonyl (C=O) groups is 1. The summed E-state index contributed by atoms with van der Waals surface area (Å²) in [4.78, 5) is 12.9. The van der Waals surface area contributed by atoms with Crippen LogP contribution < -0.4 is 5.32 Å². The highest BCUT2D eigenvalue weighted by Gasteiger charge is 2.44. The van der Waals surface area contributed by atoms with Gasteiger partial charge in [0.2, 0.25) is 5.91 Å². The van der Waals surface area contributed by atoms with Gasteiger partial charge in [-0.2, -0.15) is 0 Å². The highest BCUT2D eigenvalue weighted by atomic mass is 16.7. The molecule has 1 aliphatic heterocycles. The molecule has 49 heavy (non-hydrogen) atoms. The lowest BCUT2D eigenvalue weighted by molar-refractivity contribution is -0.302. The van der Waals surface area contributed by atoms with E-state index >= 15 is 0 Å². The number of hydrogen-bond acceptors (Lipinski definition) is 8. The van der Waals surface area contributed by atoms with Gasteiger partial charge in [0.05, 0.1) is 25.4 Å². The van der Waals surface area contributed by atoms with Crippen molar-refractivity contribution < 1.29 is 39.8 Å². The van der Waals surface area contributed by atoms with Gasteiger partial charge in [0.25, 0.3) is 0 Å². The van der Waals surface area contributed by atoms with E-state index < -0.39 is 49.5 Å². The lowest BCUT2D eigenvalue weighted by Gasteiger charge is -2.40. The Balaban J connectivity index is 2.45. The van der Waals surface area contributed by atoms with E-state index in [2.05, 4.69) is 31.3 Å². The zero-order chi connectivity index (χ0) is 36.0. The van der Waals surface area contributed by atoms with E-state index in [0.29, 0.717) is 6.42 Å². The molecule has 0 saturated carbocycles. The standard InChI is InChI=1S/C40H75NO8/c1-3-5-7-9-11-13-15-17-18-20-22-24-26-28-30-36(44)41-33(32-48-40-39(47)38(46)37(45)35(31-42)49-40)34(43)29-27-25-23-21-19-16-14-12-10-8-6-4-2/h19,21,27,29,33-35,37-40,42-43,45-47H,3-18,20,22-26,28,30-32H2,1-2H3,(H,41,44)/b21-19+,29-27+. The zero-order valence-corrected chi connectivity index (χ0v) is 31.2. The van der Waals surface area contributed by atoms with Crippen LogP contribution in [0.1, 0.15) is 168 Å². The Morgan fingerprint density at radius 2 is 1.16 bits per heavy atom. The van der Waals surface area contributed by atoms with Crippen LogP contribution in [0.25, 0.3) is 0 Å². The minimum atomic E-state index is -1.57. The highest BCUT2D eigenvalue weighted by molar-refractivity contribution is 5.76. The molecule has 1 fully saturated rings. The van der Waals surface area contributed by atoms with Gasteiger partial charge in [-0.1, -0.05) is 154 Å². The third-order valence-electron chi connectivity index (χ3n) is 9.53. The molecule has 0 aromatic rings. The summed E-state index contributed by atoms with van der Waals surface area (Å²) < 4.78 is 11.1. The van der Waals surface area contributed by atoms with Crippen molar-refractivity contribution in [2.24, 2.45) is 0 Å². The molecule has 0 bridgehead atoms. The maximum Gasteiger partial charge on any atom is 0.220 e. The first-order valence-electron chi connectivity index (χ1n) is 20.1. The quantitative estimate of drug-likeness (QED) is 0.0320. The summed E-state index contributed by atoms with van der Waals surface area (Å²) in [6, 6.07) is -0.814. The molecule has 0 spiro atoms. The van der Waals surface area contributed by atoms with Crippen molar-refractivity contribution in [1.29, 1.82) is 0 Å². The Kier molecular flexibility index (Phi) is 29.3. The third-order valence-corrected chi connectivity index (χ3v) is 9.53. The van der Waals surface area contributed by atoms with Crippen LogP contribution in [0.2, 0.25) is 0 Å². The highest BCUT2D eigenvalue weighted by Crippen LogP contribution is 2.22. The second kappa shape index (κ2) is 31.4. The average Bonchev–Trinajstić information content (AvgIpc) is 3.10. The molecule has 0 aliphatic carbocycles. The van der Waals surface area contributed by atoms with Crippen LogP contribution in [0.4, 0.5) is 0 Å². The first-order valence-corrected chi connectivity index (χ1v) is 20.1. The van der Waals surface area contributed by atoms with Gasteiger partial charge in [-0.05, 0) is 32.1 Å². The van der Waals surface area contributed by atoms with Gasteiger partial charge < -0.3 is 40.3 Å². The van der Waals surface area contributed by atoms with Gasteiger partial charge in [0, 0.05) is 6.42 Å². The summed E-state index contributed by atoms with van der Waals surface area (Å²) in [5, 5.41) is 53.9. The number of ether oxygens (including phenoxy) is 2. The fourth-order valence-electron chi connectivity index (χ4n) is 6.23. The predicted molar refractivity (Wildman–Crippen MR) is 198 cm³/mol. The Morgan fingerprint density at radius 1 is 0.673 bits per heavy atom. The van der Waals surface area contributed by atoms with Crippen LogP contribution in [0.15, 0.2) is 24.3 Å². The average molecular weight is 698 g/mol. The summed E-state index contributed by atoms with van der Waals surface area (Å²) in [5.41, 5.74) is 0. The second-order valence-electron chi connectivity index (χ2n) is 14.1. The van der Waals surface area contributed by atoms with Gasteiger partial charge in [-0.15, -0.1) is 0 Å². The molecular weight excluding hydrogens is 622 g/mol. The van der Waals surface area contributed by atoms with Gasteiger partial charge in [-0.25, -0.2) is 0 Å². The Bertz CT molecular complexity index is 822. The minimum Gasteiger partial charge on any atom is -0.394 e. The van der Waals surface area contributed by atoms with E-state index in [4.69, 9.17) is 9.47 Å². The van der Waals surface area contributed by atoms with E-state index in [9.17, 15) is 30.3 Å². The number of nitrogens with one attached hydrogen (secondary N) is 1. The molecule has 0 radical (unpaired) electrons. The fraction of sp³-hybridized carbons (Fsp3) is 0.875. The largest absolute Gasteiger partial charge is 0.394 e. The van der Waals surface area contributed by atoms with Crippen molar-refractivity contribution in [3.05, 3.63) is 24.3 Å². The topological polar surface area (TPSA) is 149 Å². The third kappa shape index (κ3) is 23.0. The molecule has 0 aromatic heterocycles. The number of rotatable bonds is 32. The number of unbranched alkanes of at least 4 members (excludes halogenated alkanes) is 20. The first-order chi connectivity index (χ1) is 23.8. The Morgan fingerprint density at radius 3 is 1.71 bits per heavy atom. The van der Waals surface area contributed by atoms with Crippen LogP contribution in [0.3, 0.4) is 0 Å². The van der Waals surface area contributed by atoms with Gasteiger partial charge in [0.1, 0.15) is 24.4 Å². The van der Waals surface area contributed by atoms with Crippen molar-refractivity contribution in [1.82, 2.24) is 5.32 Å². The maximum absolute atomic E-state index is 12.9. The number of allylic oxidation sites excluding steroid dienone is 3. The van der Waals surface area contributed by atoms with Gasteiger partial charge in [-0.3, -0.25) is 4.79 Å². The number of carbonyl (C=O) groups excluding carboxylic acids is 1. The minimum absolute atomic E-state index is 0.189. The van der Waals surface area contributed by atoms with E-state index in [1.807, 2.05) is 6.08 Å². The van der Waals surface area contributed by atoms with E-state index in [0.717, 1.165) is 38.5 Å². The molecule has 1 saturated heterocycles. The van der Waals surface area contributed by atoms with E-state index in [1.165, 1.54) is 109 Å². The van der Waals surface area contributed by atoms with Crippen molar-refractivity contribution in [2.75, 3.05) is 13.2 Å². The monoisotopic (exact) mass is 698 g/mol. The van der Waals surface area contributed by atoms with Crippen LogP contribution in [0.5, 0.6) is 0 Å². The van der Waals surface area contributed by atoms with E-state index in [1.54, 1.807) is 6.08 Å². The molecule has 9 nitrogen and oxygen atoms in total. The fourth-order valence-corrected chi connectivity index (χ4v) is 6.23. The summed E-state index contributed by atoms with van der Waals surface area (Å²) in [6.07, 6.45) is 27.9. The normalized spacial score (nSPS) is 22.6. The molecule has 1 aliphatic rings. The van der Waals surface area contributed by atoms with Gasteiger partial charge >= 0.3 is 0 Å². The summed E-state index contributed by atoms with van der Waals surface area (Å²) in [5.74, 6) is -0.189. The Labute approximate surface area is 298 Å². The number of amides is 1. The maximum atomic E-state index is 12.9. The summed E-state index contributed by atoms with van der Waals surface area (Å²) >= 11 is 0. The molecule has 9 heteroatoms. The number of hydrogen-bond donors (Lipinski definition) is 6. The lowest BCUT2D eigenvalue weighted by Crippen LogP contribution is -2.60. The molecule has 1 rings (SSSR count). The lowest BCUT2D eigenvalue weighted by atomic mass is 9.99. The van der Waals surface area contributed by atoms with Crippen LogP contribution in [0, 0.1) is 0 Å². The zero-order valence-electron chi connectivity index (χ0n) is 31.2. The van der Waals surface area contributed by atoms with Crippen molar-refractivity contribution in [3.63, 3.8) is 0 Å². The smallest absolute Gasteiger partial charge is 0.220 e. The first kappa shape index (κ1) is 45.7. The SMILES string of the molecule is CCCCCCCC/C=C/CC/C=C/C(O)C(COC1OC(CO)C(O)C(O)C1O)NC(=O)CCCCCCCCCCCCCCCC. The molecular formula is C40H75NO8. The molecule has 7 unspecified atom stereocenters. The molecule has 0 aromatic carbocycles. The summed E-state index contributed by atoms with van der Waals surface area (Å²) in [6.45, 7) is 3.72. The molecule has 7 atom stereocenters. The number of aliphatic hydroxyl groups is 5. The van der Waals surface area contributed by atoms with Crippen molar-refractivity contribution in [2.45, 2.75) is 211 Å². The molecule has 1 amide bonds. The van der Waals surface area contributed by atoms with Crippen LogP contribution in [-0.4, -0.2) is 87.5 Å². The Hall–Kier alpha value is -1.33.